The van der Waals surface area contributed by atoms with E-state index in [4.69, 9.17) is 0 Å². The highest BCUT2D eigenvalue weighted by molar-refractivity contribution is 5.30. The van der Waals surface area contributed by atoms with Crippen molar-refractivity contribution in [3.8, 4) is 5.75 Å². The zero-order valence-corrected chi connectivity index (χ0v) is 9.63. The van der Waals surface area contributed by atoms with Crippen molar-refractivity contribution in [2.45, 2.75) is 25.2 Å². The number of alkyl halides is 2. The molecule has 1 saturated heterocycles. The molecule has 1 aromatic carbocycles. The Bertz CT molecular complexity index is 373. The summed E-state index contributed by atoms with van der Waals surface area (Å²) >= 11 is 0. The Hall–Kier alpha value is -1.16. The Labute approximate surface area is 99.7 Å². The van der Waals surface area contributed by atoms with Gasteiger partial charge in [0.1, 0.15) is 5.75 Å². The molecule has 0 saturated carbocycles. The molecule has 4 heteroatoms. The summed E-state index contributed by atoms with van der Waals surface area (Å²) in [4.78, 5) is 0. The quantitative estimate of drug-likeness (QED) is 0.834. The third kappa shape index (κ3) is 2.75. The molecule has 0 bridgehead atoms. The van der Waals surface area contributed by atoms with Crippen molar-refractivity contribution in [1.82, 2.24) is 5.32 Å². The summed E-state index contributed by atoms with van der Waals surface area (Å²) in [6.45, 7) is 1.45. The van der Waals surface area contributed by atoms with Crippen LogP contribution in [0.2, 0.25) is 0 Å². The third-order valence-corrected chi connectivity index (χ3v) is 3.32. The zero-order chi connectivity index (χ0) is 12.3. The van der Waals surface area contributed by atoms with Crippen LogP contribution in [-0.4, -0.2) is 18.2 Å². The van der Waals surface area contributed by atoms with Crippen LogP contribution in [0.4, 0.5) is 8.78 Å². The fourth-order valence-electron chi connectivity index (χ4n) is 2.33. The lowest BCUT2D eigenvalue weighted by atomic mass is 9.88. The van der Waals surface area contributed by atoms with Gasteiger partial charge in [-0.05, 0) is 44.5 Å². The van der Waals surface area contributed by atoms with Crippen molar-refractivity contribution in [3.05, 3.63) is 29.8 Å². The van der Waals surface area contributed by atoms with E-state index in [0.717, 1.165) is 13.0 Å². The van der Waals surface area contributed by atoms with E-state index in [1.807, 2.05) is 0 Å². The lowest BCUT2D eigenvalue weighted by Gasteiger charge is -2.26. The summed E-state index contributed by atoms with van der Waals surface area (Å²) in [6.07, 6.45) is 1.78. The van der Waals surface area contributed by atoms with Gasteiger partial charge in [-0.3, -0.25) is 0 Å². The van der Waals surface area contributed by atoms with Gasteiger partial charge in [0, 0.05) is 11.5 Å². The predicted molar refractivity (Wildman–Crippen MR) is 62.2 cm³/mol. The molecule has 17 heavy (non-hydrogen) atoms. The van der Waals surface area contributed by atoms with Gasteiger partial charge in [-0.25, -0.2) is 8.78 Å². The summed E-state index contributed by atoms with van der Waals surface area (Å²) in [7, 11) is 0. The highest BCUT2D eigenvalue weighted by Gasteiger charge is 2.41. The fourth-order valence-corrected chi connectivity index (χ4v) is 2.33. The highest BCUT2D eigenvalue weighted by atomic mass is 19.3. The molecule has 2 N–H and O–H groups in total. The van der Waals surface area contributed by atoms with Crippen LogP contribution in [0.1, 0.15) is 24.8 Å². The second-order valence-corrected chi connectivity index (χ2v) is 4.55. The van der Waals surface area contributed by atoms with Crippen molar-refractivity contribution >= 4 is 0 Å². The van der Waals surface area contributed by atoms with Gasteiger partial charge in [-0.2, -0.15) is 0 Å². The maximum atomic E-state index is 14.3. The summed E-state index contributed by atoms with van der Waals surface area (Å²) in [5.74, 6) is -3.60. The molecule has 94 valence electrons. The first-order valence-electron chi connectivity index (χ1n) is 5.99. The summed E-state index contributed by atoms with van der Waals surface area (Å²) in [6, 6.07) is 5.43. The number of aromatic hydroxyl groups is 1. The number of rotatable bonds is 2. The van der Waals surface area contributed by atoms with Crippen LogP contribution in [0, 0.1) is 5.92 Å². The van der Waals surface area contributed by atoms with Gasteiger partial charge >= 0.3 is 0 Å². The van der Waals surface area contributed by atoms with E-state index in [2.05, 4.69) is 5.32 Å². The van der Waals surface area contributed by atoms with Gasteiger partial charge in [-0.1, -0.05) is 12.1 Å². The minimum Gasteiger partial charge on any atom is -0.508 e. The largest absolute Gasteiger partial charge is 0.508 e. The molecular formula is C13H17F2NO. The molecule has 0 aliphatic carbocycles. The maximum Gasteiger partial charge on any atom is 0.276 e. The first kappa shape index (κ1) is 12.3. The maximum absolute atomic E-state index is 14.3. The van der Waals surface area contributed by atoms with Crippen molar-refractivity contribution in [1.29, 1.82) is 0 Å². The minimum atomic E-state index is -2.86. The molecule has 0 radical (unpaired) electrons. The fraction of sp³-hybridized carbons (Fsp3) is 0.538. The van der Waals surface area contributed by atoms with Gasteiger partial charge in [0.15, 0.2) is 0 Å². The van der Waals surface area contributed by atoms with Crippen LogP contribution in [0.15, 0.2) is 24.3 Å². The molecule has 1 atom stereocenters. The van der Waals surface area contributed by atoms with Crippen LogP contribution in [0.3, 0.4) is 0 Å². The van der Waals surface area contributed by atoms with E-state index < -0.39 is 11.8 Å². The number of phenolic OH excluding ortho intramolecular Hbond substituents is 1. The molecule has 1 aliphatic rings. The molecule has 1 aromatic rings. The molecule has 0 spiro atoms. The van der Waals surface area contributed by atoms with Gasteiger partial charge in [0.05, 0.1) is 0 Å². The number of benzene rings is 1. The van der Waals surface area contributed by atoms with Crippen molar-refractivity contribution in [3.63, 3.8) is 0 Å². The highest BCUT2D eigenvalue weighted by Crippen LogP contribution is 2.41. The smallest absolute Gasteiger partial charge is 0.276 e. The summed E-state index contributed by atoms with van der Waals surface area (Å²) in [5, 5.41) is 12.4. The average Bonchev–Trinajstić information content (AvgIpc) is 2.58. The minimum absolute atomic E-state index is 0.0793. The molecule has 0 amide bonds. The standard InChI is InChI=1S/C13H17F2NO/c14-13(15,10-4-2-7-16-8-6-10)11-3-1-5-12(17)9-11/h1,3,5,9-10,16-17H,2,4,6-8H2. The normalized spacial score (nSPS) is 22.1. The zero-order valence-electron chi connectivity index (χ0n) is 9.63. The third-order valence-electron chi connectivity index (χ3n) is 3.32. The van der Waals surface area contributed by atoms with Crippen LogP contribution in [0.5, 0.6) is 5.75 Å². The lowest BCUT2D eigenvalue weighted by Crippen LogP contribution is -2.26. The number of hydrogen-bond donors (Lipinski definition) is 2. The molecule has 2 nitrogen and oxygen atoms in total. The van der Waals surface area contributed by atoms with E-state index in [1.54, 1.807) is 0 Å². The van der Waals surface area contributed by atoms with Gasteiger partial charge < -0.3 is 10.4 Å². The number of hydrogen-bond acceptors (Lipinski definition) is 2. The Balaban J connectivity index is 2.21. The lowest BCUT2D eigenvalue weighted by molar-refractivity contribution is -0.0695. The van der Waals surface area contributed by atoms with Gasteiger partial charge in [0.25, 0.3) is 5.92 Å². The van der Waals surface area contributed by atoms with Crippen LogP contribution in [0.25, 0.3) is 0 Å². The Morgan fingerprint density at radius 3 is 2.82 bits per heavy atom. The molecular weight excluding hydrogens is 224 g/mol. The van der Waals surface area contributed by atoms with E-state index >= 15 is 0 Å². The van der Waals surface area contributed by atoms with E-state index in [9.17, 15) is 13.9 Å². The van der Waals surface area contributed by atoms with Gasteiger partial charge in [0.2, 0.25) is 0 Å². The Morgan fingerprint density at radius 1 is 1.24 bits per heavy atom. The van der Waals surface area contributed by atoms with E-state index in [-0.39, 0.29) is 11.3 Å². The SMILES string of the molecule is Oc1cccc(C(F)(F)C2CCCNCC2)c1. The second-order valence-electron chi connectivity index (χ2n) is 4.55. The number of nitrogens with one attached hydrogen (secondary N) is 1. The van der Waals surface area contributed by atoms with Crippen LogP contribution >= 0.6 is 0 Å². The summed E-state index contributed by atoms with van der Waals surface area (Å²) < 4.78 is 28.5. The molecule has 0 aromatic heterocycles. The summed E-state index contributed by atoms with van der Waals surface area (Å²) in [5.41, 5.74) is -0.0793. The first-order valence-corrected chi connectivity index (χ1v) is 5.99. The molecule has 2 rings (SSSR count). The topological polar surface area (TPSA) is 32.3 Å². The second kappa shape index (κ2) is 5.00. The van der Waals surface area contributed by atoms with Crippen molar-refractivity contribution < 1.29 is 13.9 Å². The van der Waals surface area contributed by atoms with Crippen LogP contribution in [-0.2, 0) is 5.92 Å². The van der Waals surface area contributed by atoms with E-state index in [1.165, 1.54) is 24.3 Å². The number of halogens is 2. The molecule has 1 fully saturated rings. The van der Waals surface area contributed by atoms with Gasteiger partial charge in [-0.15, -0.1) is 0 Å². The first-order chi connectivity index (χ1) is 8.10. The molecule has 1 unspecified atom stereocenters. The van der Waals surface area contributed by atoms with Crippen molar-refractivity contribution in [2.24, 2.45) is 5.92 Å². The average molecular weight is 241 g/mol. The van der Waals surface area contributed by atoms with E-state index in [0.29, 0.717) is 19.4 Å². The monoisotopic (exact) mass is 241 g/mol. The number of phenols is 1. The molecule has 1 aliphatic heterocycles. The Kier molecular flexibility index (Phi) is 3.62. The van der Waals surface area contributed by atoms with Crippen molar-refractivity contribution in [2.75, 3.05) is 13.1 Å². The predicted octanol–water partition coefficient (Wildman–Crippen LogP) is 2.87. The Morgan fingerprint density at radius 2 is 2.06 bits per heavy atom. The van der Waals surface area contributed by atoms with Crippen LogP contribution < -0.4 is 5.32 Å². The molecule has 1 heterocycles.